The van der Waals surface area contributed by atoms with Crippen LogP contribution in [0, 0.1) is 0 Å². The van der Waals surface area contributed by atoms with Gasteiger partial charge in [0, 0.05) is 0 Å². The Hall–Kier alpha value is -2.24. The minimum Gasteiger partial charge on any atom is -0.466 e. The van der Waals surface area contributed by atoms with Crippen molar-refractivity contribution in [2.24, 2.45) is 5.73 Å². The monoisotopic (exact) mass is 396 g/mol. The van der Waals surface area contributed by atoms with Gasteiger partial charge in [-0.3, -0.25) is 9.36 Å². The quantitative estimate of drug-likeness (QED) is 0.477. The number of nitrogens with two attached hydrogens (primary N) is 2. The van der Waals surface area contributed by atoms with Gasteiger partial charge in [-0.25, -0.2) is 4.98 Å². The molecule has 1 amide bonds. The third-order valence-electron chi connectivity index (χ3n) is 4.53. The first-order valence-electron chi connectivity index (χ1n) is 8.62. The lowest BCUT2D eigenvalue weighted by molar-refractivity contribution is -0.120. The Morgan fingerprint density at radius 2 is 1.96 bits per heavy atom. The third kappa shape index (κ3) is 5.37. The van der Waals surface area contributed by atoms with Gasteiger partial charge in [-0.2, -0.15) is 9.97 Å². The molecule has 150 valence electrons. The standard InChI is InChI=1S/C16H28N6O4Si/c1-16(2,3)27(4,5)26-7-6-24-10-22-9-19-12-13(22)20-15(18)21-14(12)25-8-11(17)23/h9H,6-8,10H2,1-5H3,(H2,17,23)(H2,18,20,21). The van der Waals surface area contributed by atoms with Gasteiger partial charge in [0.15, 0.2) is 26.1 Å². The summed E-state index contributed by atoms with van der Waals surface area (Å²) in [5.41, 5.74) is 11.6. The van der Waals surface area contributed by atoms with Crippen LogP contribution in [0.1, 0.15) is 20.8 Å². The fourth-order valence-corrected chi connectivity index (χ4v) is 3.03. The number of amides is 1. The molecule has 27 heavy (non-hydrogen) atoms. The van der Waals surface area contributed by atoms with Gasteiger partial charge in [0.1, 0.15) is 6.73 Å². The van der Waals surface area contributed by atoms with Gasteiger partial charge in [-0.1, -0.05) is 20.8 Å². The van der Waals surface area contributed by atoms with E-state index in [1.807, 2.05) is 0 Å². The van der Waals surface area contributed by atoms with E-state index in [9.17, 15) is 4.79 Å². The topological polar surface area (TPSA) is 140 Å². The van der Waals surface area contributed by atoms with Crippen LogP contribution in [0.5, 0.6) is 5.88 Å². The maximum Gasteiger partial charge on any atom is 0.255 e. The number of imidazole rings is 1. The molecule has 0 saturated carbocycles. The molecule has 4 N–H and O–H groups in total. The van der Waals surface area contributed by atoms with E-state index in [1.165, 1.54) is 0 Å². The second kappa shape index (κ2) is 8.19. The number of anilines is 1. The fraction of sp³-hybridized carbons (Fsp3) is 0.625. The van der Waals surface area contributed by atoms with Crippen LogP contribution >= 0.6 is 0 Å². The molecular weight excluding hydrogens is 368 g/mol. The average molecular weight is 397 g/mol. The Morgan fingerprint density at radius 3 is 2.59 bits per heavy atom. The van der Waals surface area contributed by atoms with E-state index in [0.717, 1.165) is 0 Å². The number of rotatable bonds is 9. The van der Waals surface area contributed by atoms with Crippen molar-refractivity contribution < 1.29 is 18.7 Å². The smallest absolute Gasteiger partial charge is 0.255 e. The minimum absolute atomic E-state index is 0.00461. The highest BCUT2D eigenvalue weighted by atomic mass is 28.4. The van der Waals surface area contributed by atoms with Crippen LogP contribution in [0.25, 0.3) is 11.2 Å². The summed E-state index contributed by atoms with van der Waals surface area (Å²) in [6, 6.07) is 0. The molecule has 2 rings (SSSR count). The predicted molar refractivity (Wildman–Crippen MR) is 104 cm³/mol. The molecule has 0 aliphatic rings. The van der Waals surface area contributed by atoms with Crippen LogP contribution in [0.2, 0.25) is 18.1 Å². The lowest BCUT2D eigenvalue weighted by Crippen LogP contribution is -2.41. The maximum atomic E-state index is 10.9. The summed E-state index contributed by atoms with van der Waals surface area (Å²) in [7, 11) is -1.79. The molecule has 0 aliphatic carbocycles. The number of hydrogen-bond donors (Lipinski definition) is 2. The molecule has 11 heteroatoms. The zero-order valence-electron chi connectivity index (χ0n) is 16.5. The number of fused-ring (bicyclic) bond motifs is 1. The van der Waals surface area contributed by atoms with Crippen molar-refractivity contribution in [1.29, 1.82) is 0 Å². The number of primary amides is 1. The van der Waals surface area contributed by atoms with Crippen LogP contribution in [-0.2, 0) is 20.7 Å². The summed E-state index contributed by atoms with van der Waals surface area (Å²) >= 11 is 0. The molecule has 0 aliphatic heterocycles. The summed E-state index contributed by atoms with van der Waals surface area (Å²) in [4.78, 5) is 23.2. The van der Waals surface area contributed by atoms with E-state index in [2.05, 4.69) is 48.8 Å². The number of ether oxygens (including phenoxy) is 2. The van der Waals surface area contributed by atoms with Crippen molar-refractivity contribution in [3.63, 3.8) is 0 Å². The highest BCUT2D eigenvalue weighted by molar-refractivity contribution is 6.74. The molecule has 0 fully saturated rings. The van der Waals surface area contributed by atoms with E-state index in [-0.39, 0.29) is 30.2 Å². The number of hydrogen-bond acceptors (Lipinski definition) is 8. The number of aromatic nitrogens is 4. The average Bonchev–Trinajstić information content (AvgIpc) is 2.94. The summed E-state index contributed by atoms with van der Waals surface area (Å²) in [6.07, 6.45) is 1.55. The van der Waals surface area contributed by atoms with Gasteiger partial charge >= 0.3 is 0 Å². The Bertz CT molecular complexity index is 802. The number of nitrogens with zero attached hydrogens (tertiary/aromatic N) is 4. The molecule has 2 aromatic rings. The summed E-state index contributed by atoms with van der Waals surface area (Å²) in [5.74, 6) is -0.508. The third-order valence-corrected chi connectivity index (χ3v) is 9.07. The van der Waals surface area contributed by atoms with Gasteiger partial charge in [0.25, 0.3) is 5.91 Å². The Labute approximate surface area is 159 Å². The zero-order valence-corrected chi connectivity index (χ0v) is 17.5. The van der Waals surface area contributed by atoms with Crippen LogP contribution < -0.4 is 16.2 Å². The zero-order chi connectivity index (χ0) is 20.2. The molecule has 0 bridgehead atoms. The van der Waals surface area contributed by atoms with Gasteiger partial charge in [-0.15, -0.1) is 0 Å². The van der Waals surface area contributed by atoms with E-state index >= 15 is 0 Å². The van der Waals surface area contributed by atoms with Crippen LogP contribution in [-0.4, -0.2) is 53.6 Å². The van der Waals surface area contributed by atoms with Crippen molar-refractivity contribution in [2.75, 3.05) is 25.6 Å². The lowest BCUT2D eigenvalue weighted by Gasteiger charge is -2.36. The second-order valence-electron chi connectivity index (χ2n) is 7.67. The number of carbonyl (C=O) groups is 1. The molecular formula is C16H28N6O4Si. The Morgan fingerprint density at radius 1 is 1.26 bits per heavy atom. The van der Waals surface area contributed by atoms with Crippen LogP contribution in [0.15, 0.2) is 6.33 Å². The molecule has 0 aromatic carbocycles. The fourth-order valence-electron chi connectivity index (χ4n) is 2.00. The molecule has 2 heterocycles. The van der Waals surface area contributed by atoms with Crippen molar-refractivity contribution in [3.8, 4) is 5.88 Å². The largest absolute Gasteiger partial charge is 0.466 e. The number of nitrogen functional groups attached to an aromatic ring is 1. The van der Waals surface area contributed by atoms with Crippen molar-refractivity contribution >= 4 is 31.3 Å². The highest BCUT2D eigenvalue weighted by Crippen LogP contribution is 2.36. The molecule has 0 unspecified atom stereocenters. The molecule has 0 radical (unpaired) electrons. The Kier molecular flexibility index (Phi) is 6.39. The molecule has 2 aromatic heterocycles. The second-order valence-corrected chi connectivity index (χ2v) is 12.5. The van der Waals surface area contributed by atoms with Gasteiger partial charge in [0.05, 0.1) is 19.5 Å². The van der Waals surface area contributed by atoms with Crippen molar-refractivity contribution in [2.45, 2.75) is 45.6 Å². The highest BCUT2D eigenvalue weighted by Gasteiger charge is 2.36. The first-order chi connectivity index (χ1) is 12.5. The molecule has 0 saturated heterocycles. The van der Waals surface area contributed by atoms with Crippen molar-refractivity contribution in [1.82, 2.24) is 19.5 Å². The number of carbonyl (C=O) groups excluding carboxylic acids is 1. The molecule has 0 atom stereocenters. The molecule has 10 nitrogen and oxygen atoms in total. The van der Waals surface area contributed by atoms with Gasteiger partial charge in [-0.05, 0) is 18.1 Å². The van der Waals surface area contributed by atoms with E-state index in [4.69, 9.17) is 25.4 Å². The summed E-state index contributed by atoms with van der Waals surface area (Å²) in [6.45, 7) is 11.8. The predicted octanol–water partition coefficient (Wildman–Crippen LogP) is 1.27. The normalized spacial score (nSPS) is 12.5. The molecule has 0 spiro atoms. The van der Waals surface area contributed by atoms with E-state index in [1.54, 1.807) is 10.9 Å². The first-order valence-corrected chi connectivity index (χ1v) is 11.5. The van der Waals surface area contributed by atoms with Crippen LogP contribution in [0.4, 0.5) is 5.95 Å². The Balaban J connectivity index is 1.97. The van der Waals surface area contributed by atoms with Gasteiger partial charge in [0.2, 0.25) is 11.8 Å². The SMILES string of the molecule is CC(C)(C)[Si](C)(C)OCCOCn1cnc2c(OCC(N)=O)nc(N)nc21. The van der Waals surface area contributed by atoms with E-state index < -0.39 is 14.2 Å². The lowest BCUT2D eigenvalue weighted by atomic mass is 10.2. The maximum absolute atomic E-state index is 10.9. The van der Waals surface area contributed by atoms with Crippen molar-refractivity contribution in [3.05, 3.63) is 6.33 Å². The first kappa shape index (κ1) is 21.1. The summed E-state index contributed by atoms with van der Waals surface area (Å²) in [5, 5.41) is 0.156. The van der Waals surface area contributed by atoms with E-state index in [0.29, 0.717) is 24.4 Å². The minimum atomic E-state index is -1.79. The van der Waals surface area contributed by atoms with Gasteiger partial charge < -0.3 is 25.4 Å². The van der Waals surface area contributed by atoms with Crippen LogP contribution in [0.3, 0.4) is 0 Å². The summed E-state index contributed by atoms with van der Waals surface area (Å²) < 4.78 is 18.7.